The van der Waals surface area contributed by atoms with Crippen LogP contribution in [-0.4, -0.2) is 45.9 Å². The van der Waals surface area contributed by atoms with Crippen LogP contribution < -0.4 is 14.8 Å². The maximum atomic E-state index is 14.3. The molecule has 0 bridgehead atoms. The third-order valence-corrected chi connectivity index (χ3v) is 6.21. The van der Waals surface area contributed by atoms with E-state index in [9.17, 15) is 17.6 Å². The Morgan fingerprint density at radius 1 is 1.15 bits per heavy atom. The van der Waals surface area contributed by atoms with E-state index in [4.69, 9.17) is 9.47 Å². The monoisotopic (exact) mass is 394 g/mol. The van der Waals surface area contributed by atoms with Gasteiger partial charge < -0.3 is 14.8 Å². The van der Waals surface area contributed by atoms with Gasteiger partial charge in [-0.2, -0.15) is 4.31 Å². The molecule has 0 saturated carbocycles. The van der Waals surface area contributed by atoms with Gasteiger partial charge >= 0.3 is 0 Å². The number of benzene rings is 2. The standard InChI is InChI=1S/C18H19FN2O5S/c1-25-12-7-8-15(26-2)16(11-12)27(23,24)21-10-9-20-18(22)17(21)13-5-3-4-6-14(13)19/h3-8,11,17H,9-10H2,1-2H3,(H,20,22). The van der Waals surface area contributed by atoms with Gasteiger partial charge in [-0.25, -0.2) is 12.8 Å². The van der Waals surface area contributed by atoms with Gasteiger partial charge in [-0.3, -0.25) is 4.79 Å². The fourth-order valence-electron chi connectivity index (χ4n) is 3.01. The highest BCUT2D eigenvalue weighted by molar-refractivity contribution is 7.89. The van der Waals surface area contributed by atoms with Crippen LogP contribution in [0, 0.1) is 5.82 Å². The van der Waals surface area contributed by atoms with Crippen molar-refractivity contribution in [2.75, 3.05) is 27.3 Å². The van der Waals surface area contributed by atoms with E-state index < -0.39 is 27.8 Å². The van der Waals surface area contributed by atoms with Crippen molar-refractivity contribution < 1.29 is 27.1 Å². The summed E-state index contributed by atoms with van der Waals surface area (Å²) in [6.07, 6.45) is 0. The number of hydrogen-bond acceptors (Lipinski definition) is 5. The maximum absolute atomic E-state index is 14.3. The van der Waals surface area contributed by atoms with Gasteiger partial charge in [-0.05, 0) is 18.2 Å². The van der Waals surface area contributed by atoms with E-state index in [0.717, 1.165) is 4.31 Å². The third kappa shape index (κ3) is 3.47. The normalized spacial score (nSPS) is 18.0. The van der Waals surface area contributed by atoms with Crippen molar-refractivity contribution in [3.8, 4) is 11.5 Å². The average Bonchev–Trinajstić information content (AvgIpc) is 2.68. The number of rotatable bonds is 5. The molecular formula is C18H19FN2O5S. The van der Waals surface area contributed by atoms with Crippen LogP contribution in [0.5, 0.6) is 11.5 Å². The first-order valence-corrected chi connectivity index (χ1v) is 9.60. The summed E-state index contributed by atoms with van der Waals surface area (Å²) in [5.74, 6) is -0.818. The molecule has 9 heteroatoms. The Bertz CT molecular complexity index is 964. The minimum absolute atomic E-state index is 0.00651. The third-order valence-electron chi connectivity index (χ3n) is 4.32. The lowest BCUT2D eigenvalue weighted by molar-refractivity contribution is -0.127. The molecule has 1 unspecified atom stereocenters. The molecule has 1 saturated heterocycles. The molecule has 0 aromatic heterocycles. The van der Waals surface area contributed by atoms with Gasteiger partial charge in [0.1, 0.15) is 28.3 Å². The number of halogens is 1. The van der Waals surface area contributed by atoms with E-state index in [0.29, 0.717) is 5.75 Å². The van der Waals surface area contributed by atoms with E-state index >= 15 is 0 Å². The summed E-state index contributed by atoms with van der Waals surface area (Å²) in [5, 5.41) is 2.59. The summed E-state index contributed by atoms with van der Waals surface area (Å²) < 4.78 is 52.3. The number of carbonyl (C=O) groups excluding carboxylic acids is 1. The highest BCUT2D eigenvalue weighted by Gasteiger charge is 2.41. The van der Waals surface area contributed by atoms with Crippen molar-refractivity contribution in [3.63, 3.8) is 0 Å². The summed E-state index contributed by atoms with van der Waals surface area (Å²) in [5.41, 5.74) is -0.0138. The van der Waals surface area contributed by atoms with Crippen LogP contribution in [-0.2, 0) is 14.8 Å². The Morgan fingerprint density at radius 2 is 1.89 bits per heavy atom. The number of nitrogens with zero attached hydrogens (tertiary/aromatic N) is 1. The highest BCUT2D eigenvalue weighted by Crippen LogP contribution is 2.36. The van der Waals surface area contributed by atoms with Crippen LogP contribution in [0.25, 0.3) is 0 Å². The topological polar surface area (TPSA) is 84.9 Å². The predicted octanol–water partition coefficient (Wildman–Crippen LogP) is 1.70. The molecule has 0 radical (unpaired) electrons. The zero-order valence-electron chi connectivity index (χ0n) is 14.8. The van der Waals surface area contributed by atoms with Crippen molar-refractivity contribution in [3.05, 3.63) is 53.8 Å². The van der Waals surface area contributed by atoms with E-state index in [1.54, 1.807) is 12.1 Å². The van der Waals surface area contributed by atoms with Crippen LogP contribution >= 0.6 is 0 Å². The molecule has 1 aliphatic rings. The van der Waals surface area contributed by atoms with E-state index in [1.807, 2.05) is 0 Å². The lowest BCUT2D eigenvalue weighted by atomic mass is 10.0. The average molecular weight is 394 g/mol. The van der Waals surface area contributed by atoms with Crippen molar-refractivity contribution in [1.82, 2.24) is 9.62 Å². The zero-order chi connectivity index (χ0) is 19.6. The summed E-state index contributed by atoms with van der Waals surface area (Å²) in [4.78, 5) is 12.3. The van der Waals surface area contributed by atoms with Gasteiger partial charge in [0.05, 0.1) is 14.2 Å². The van der Waals surface area contributed by atoms with Crippen LogP contribution in [0.1, 0.15) is 11.6 Å². The fraction of sp³-hybridized carbons (Fsp3) is 0.278. The Balaban J connectivity index is 2.14. The zero-order valence-corrected chi connectivity index (χ0v) is 15.6. The number of hydrogen-bond donors (Lipinski definition) is 1. The van der Waals surface area contributed by atoms with Crippen LogP contribution in [0.3, 0.4) is 0 Å². The molecule has 1 amide bonds. The molecule has 2 aromatic rings. The SMILES string of the molecule is COc1ccc(OC)c(S(=O)(=O)N2CCNC(=O)C2c2ccccc2F)c1. The second-order valence-corrected chi connectivity index (χ2v) is 7.71. The van der Waals surface area contributed by atoms with Crippen LogP contribution in [0.15, 0.2) is 47.4 Å². The number of ether oxygens (including phenoxy) is 2. The van der Waals surface area contributed by atoms with E-state index in [1.165, 1.54) is 44.6 Å². The molecule has 1 N–H and O–H groups in total. The first-order valence-electron chi connectivity index (χ1n) is 8.16. The Labute approximate surface area is 156 Å². The maximum Gasteiger partial charge on any atom is 0.248 e. The molecule has 1 fully saturated rings. The summed E-state index contributed by atoms with van der Waals surface area (Å²) in [6, 6.07) is 8.65. The minimum atomic E-state index is -4.18. The molecule has 144 valence electrons. The number of nitrogens with one attached hydrogen (secondary N) is 1. The molecule has 1 atom stereocenters. The molecule has 2 aromatic carbocycles. The van der Waals surface area contributed by atoms with Crippen molar-refractivity contribution in [2.45, 2.75) is 10.9 Å². The molecule has 27 heavy (non-hydrogen) atoms. The van der Waals surface area contributed by atoms with Crippen molar-refractivity contribution >= 4 is 15.9 Å². The Hall–Kier alpha value is -2.65. The largest absolute Gasteiger partial charge is 0.497 e. The van der Waals surface area contributed by atoms with Gasteiger partial charge in [-0.15, -0.1) is 0 Å². The van der Waals surface area contributed by atoms with Gasteiger partial charge in [0.2, 0.25) is 15.9 Å². The first kappa shape index (κ1) is 19.1. The molecule has 3 rings (SSSR count). The van der Waals surface area contributed by atoms with E-state index in [2.05, 4.69) is 5.32 Å². The lowest BCUT2D eigenvalue weighted by Crippen LogP contribution is -2.52. The Kier molecular flexibility index (Phi) is 5.33. The molecule has 1 aliphatic heterocycles. The van der Waals surface area contributed by atoms with Crippen LogP contribution in [0.2, 0.25) is 0 Å². The van der Waals surface area contributed by atoms with Gasteiger partial charge in [0.15, 0.2) is 0 Å². The highest BCUT2D eigenvalue weighted by atomic mass is 32.2. The summed E-state index contributed by atoms with van der Waals surface area (Å²) in [6.45, 7) is 0.114. The van der Waals surface area contributed by atoms with Crippen LogP contribution in [0.4, 0.5) is 4.39 Å². The predicted molar refractivity (Wildman–Crippen MR) is 95.6 cm³/mol. The minimum Gasteiger partial charge on any atom is -0.497 e. The molecule has 0 spiro atoms. The second-order valence-electron chi connectivity index (χ2n) is 5.85. The number of amides is 1. The molecule has 7 nitrogen and oxygen atoms in total. The number of carbonyl (C=O) groups is 1. The summed E-state index contributed by atoms with van der Waals surface area (Å²) in [7, 11) is -1.43. The number of piperazine rings is 1. The molecule has 1 heterocycles. The van der Waals surface area contributed by atoms with E-state index in [-0.39, 0.29) is 29.3 Å². The second kappa shape index (κ2) is 7.53. The smallest absolute Gasteiger partial charge is 0.248 e. The fourth-order valence-corrected chi connectivity index (χ4v) is 4.75. The van der Waals surface area contributed by atoms with Crippen molar-refractivity contribution in [2.24, 2.45) is 0 Å². The van der Waals surface area contributed by atoms with Gasteiger partial charge in [0.25, 0.3) is 0 Å². The quantitative estimate of drug-likeness (QED) is 0.835. The number of methoxy groups -OCH3 is 2. The Morgan fingerprint density at radius 3 is 2.56 bits per heavy atom. The first-order chi connectivity index (χ1) is 12.9. The van der Waals surface area contributed by atoms with Gasteiger partial charge in [-0.1, -0.05) is 18.2 Å². The van der Waals surface area contributed by atoms with Gasteiger partial charge in [0, 0.05) is 24.7 Å². The summed E-state index contributed by atoms with van der Waals surface area (Å²) >= 11 is 0. The molecule has 0 aliphatic carbocycles. The number of sulfonamides is 1. The van der Waals surface area contributed by atoms with Crippen molar-refractivity contribution in [1.29, 1.82) is 0 Å². The lowest BCUT2D eigenvalue weighted by Gasteiger charge is -2.34. The molecular weight excluding hydrogens is 375 g/mol.